The molecule has 0 spiro atoms. The highest BCUT2D eigenvalue weighted by molar-refractivity contribution is 7.26. The summed E-state index contributed by atoms with van der Waals surface area (Å²) in [6, 6.07) is 25.4. The average molecular weight is 392 g/mol. The van der Waals surface area contributed by atoms with Crippen molar-refractivity contribution in [3.8, 4) is 22.4 Å². The summed E-state index contributed by atoms with van der Waals surface area (Å²) in [6.07, 6.45) is 2.14. The number of aromatic nitrogens is 1. The summed E-state index contributed by atoms with van der Waals surface area (Å²) in [5, 5.41) is 2.48. The number of benzene rings is 3. The fourth-order valence-electron chi connectivity index (χ4n) is 3.94. The summed E-state index contributed by atoms with van der Waals surface area (Å²) >= 11 is 1.78. The maximum atomic E-state index is 7.32. The number of thiophene rings is 1. The molecule has 3 heteroatoms. The van der Waals surface area contributed by atoms with Gasteiger partial charge in [-0.25, -0.2) is 9.41 Å². The molecule has 5 rings (SSSR count). The van der Waals surface area contributed by atoms with Gasteiger partial charge in [0.15, 0.2) is 11.9 Å². The van der Waals surface area contributed by atoms with Gasteiger partial charge in [0.1, 0.15) is 7.05 Å². The van der Waals surface area contributed by atoms with E-state index in [-0.39, 0.29) is 0 Å². The Bertz CT molecular complexity index is 1420. The zero-order chi connectivity index (χ0) is 20.0. The van der Waals surface area contributed by atoms with Crippen molar-refractivity contribution in [3.63, 3.8) is 0 Å². The molecule has 0 unspecified atom stereocenters. The maximum Gasteiger partial charge on any atom is 0.214 e. The van der Waals surface area contributed by atoms with Crippen LogP contribution in [0, 0.1) is 13.5 Å². The minimum absolute atomic E-state index is 0.693. The van der Waals surface area contributed by atoms with E-state index in [9.17, 15) is 0 Å². The first kappa shape index (κ1) is 17.6. The molecule has 29 heavy (non-hydrogen) atoms. The van der Waals surface area contributed by atoms with Crippen molar-refractivity contribution >= 4 is 37.2 Å². The molecule has 2 aromatic heterocycles. The molecule has 0 radical (unpaired) electrons. The molecule has 3 aromatic carbocycles. The third kappa shape index (κ3) is 2.90. The van der Waals surface area contributed by atoms with Crippen LogP contribution in [0.1, 0.15) is 5.56 Å². The molecule has 0 saturated heterocycles. The molecule has 0 aliphatic carbocycles. The third-order valence-corrected chi connectivity index (χ3v) is 6.66. The average Bonchev–Trinajstić information content (AvgIpc) is 3.12. The fraction of sp³-hybridized carbons (Fsp3) is 0.0769. The van der Waals surface area contributed by atoms with E-state index in [2.05, 4.69) is 84.2 Å². The van der Waals surface area contributed by atoms with Gasteiger partial charge in [-0.3, -0.25) is 0 Å². The Labute approximate surface area is 174 Å². The van der Waals surface area contributed by atoms with Crippen LogP contribution in [0.3, 0.4) is 0 Å². The SMILES string of the molecule is [C-]#[N+]c1ccc2c(c1)sc1c(-c3cc(-c4ccccc4)cc[n+]3C)c(C)ccc12. The second-order valence-corrected chi connectivity index (χ2v) is 8.36. The summed E-state index contributed by atoms with van der Waals surface area (Å²) in [6.45, 7) is 9.50. The summed E-state index contributed by atoms with van der Waals surface area (Å²) in [7, 11) is 2.10. The van der Waals surface area contributed by atoms with Gasteiger partial charge in [0.2, 0.25) is 5.69 Å². The largest absolute Gasteiger partial charge is 0.238 e. The Kier molecular flexibility index (Phi) is 4.16. The summed E-state index contributed by atoms with van der Waals surface area (Å²) in [5.74, 6) is 0. The van der Waals surface area contributed by atoms with Gasteiger partial charge in [-0.15, -0.1) is 11.3 Å². The predicted octanol–water partition coefficient (Wildman–Crippen LogP) is 7.07. The van der Waals surface area contributed by atoms with Crippen molar-refractivity contribution in [1.82, 2.24) is 0 Å². The molecule has 2 nitrogen and oxygen atoms in total. The number of aryl methyl sites for hydroxylation is 2. The molecule has 0 saturated carbocycles. The summed E-state index contributed by atoms with van der Waals surface area (Å²) in [5.41, 5.74) is 6.86. The molecular weight excluding hydrogens is 372 g/mol. The maximum absolute atomic E-state index is 7.32. The van der Waals surface area contributed by atoms with Gasteiger partial charge in [0.25, 0.3) is 0 Å². The zero-order valence-electron chi connectivity index (χ0n) is 16.3. The minimum Gasteiger partial charge on any atom is -0.238 e. The lowest BCUT2D eigenvalue weighted by molar-refractivity contribution is -0.660. The van der Waals surface area contributed by atoms with Gasteiger partial charge >= 0.3 is 0 Å². The van der Waals surface area contributed by atoms with Crippen molar-refractivity contribution in [2.45, 2.75) is 6.92 Å². The number of fused-ring (bicyclic) bond motifs is 3. The van der Waals surface area contributed by atoms with Crippen LogP contribution < -0.4 is 4.57 Å². The van der Waals surface area contributed by atoms with Crippen molar-refractivity contribution in [2.24, 2.45) is 7.05 Å². The van der Waals surface area contributed by atoms with E-state index < -0.39 is 0 Å². The van der Waals surface area contributed by atoms with E-state index in [1.807, 2.05) is 18.2 Å². The molecule has 0 N–H and O–H groups in total. The Balaban J connectivity index is 1.81. The smallest absolute Gasteiger partial charge is 0.214 e. The topological polar surface area (TPSA) is 8.24 Å². The number of nitrogens with zero attached hydrogens (tertiary/aromatic N) is 2. The number of hydrogen-bond acceptors (Lipinski definition) is 1. The quantitative estimate of drug-likeness (QED) is 0.225. The second-order valence-electron chi connectivity index (χ2n) is 7.31. The van der Waals surface area contributed by atoms with Gasteiger partial charge in [-0.05, 0) is 35.1 Å². The lowest BCUT2D eigenvalue weighted by atomic mass is 9.98. The minimum atomic E-state index is 0.693. The van der Waals surface area contributed by atoms with Crippen LogP contribution in [0.25, 0.3) is 47.4 Å². The number of pyridine rings is 1. The summed E-state index contributed by atoms with van der Waals surface area (Å²) < 4.78 is 4.65. The highest BCUT2D eigenvalue weighted by atomic mass is 32.1. The van der Waals surface area contributed by atoms with Crippen LogP contribution in [0.15, 0.2) is 79.0 Å². The van der Waals surface area contributed by atoms with Crippen LogP contribution in [0.4, 0.5) is 5.69 Å². The van der Waals surface area contributed by atoms with Crippen LogP contribution in [-0.2, 0) is 7.05 Å². The first-order valence-corrected chi connectivity index (χ1v) is 10.4. The van der Waals surface area contributed by atoms with Crippen molar-refractivity contribution < 1.29 is 4.57 Å². The normalized spacial score (nSPS) is 11.1. The van der Waals surface area contributed by atoms with Crippen molar-refractivity contribution in [3.05, 3.63) is 96.0 Å². The zero-order valence-corrected chi connectivity index (χ0v) is 17.1. The Hall–Kier alpha value is -3.48. The Morgan fingerprint density at radius 3 is 2.45 bits per heavy atom. The van der Waals surface area contributed by atoms with E-state index in [1.54, 1.807) is 11.3 Å². The van der Waals surface area contributed by atoms with Crippen molar-refractivity contribution in [2.75, 3.05) is 0 Å². The van der Waals surface area contributed by atoms with Gasteiger partial charge in [-0.1, -0.05) is 54.6 Å². The molecule has 0 fully saturated rings. The predicted molar refractivity (Wildman–Crippen MR) is 122 cm³/mol. The molecule has 0 aliphatic heterocycles. The van der Waals surface area contributed by atoms with Gasteiger partial charge in [-0.2, -0.15) is 0 Å². The lowest BCUT2D eigenvalue weighted by Crippen LogP contribution is -2.30. The van der Waals surface area contributed by atoms with Gasteiger partial charge in [0.05, 0.1) is 12.1 Å². The molecule has 138 valence electrons. The van der Waals surface area contributed by atoms with Crippen LogP contribution in [0.2, 0.25) is 0 Å². The number of rotatable bonds is 2. The van der Waals surface area contributed by atoms with Crippen LogP contribution in [0.5, 0.6) is 0 Å². The first-order valence-electron chi connectivity index (χ1n) is 9.54. The lowest BCUT2D eigenvalue weighted by Gasteiger charge is -2.08. The summed E-state index contributed by atoms with van der Waals surface area (Å²) in [4.78, 5) is 3.60. The molecule has 0 bridgehead atoms. The Morgan fingerprint density at radius 1 is 0.862 bits per heavy atom. The number of hydrogen-bond donors (Lipinski definition) is 0. The molecule has 0 aliphatic rings. The molecule has 0 amide bonds. The fourth-order valence-corrected chi connectivity index (χ4v) is 5.29. The van der Waals surface area contributed by atoms with E-state index in [4.69, 9.17) is 6.57 Å². The molecular formula is C26H19N2S+. The van der Waals surface area contributed by atoms with Crippen LogP contribution >= 0.6 is 11.3 Å². The molecule has 2 heterocycles. The van der Waals surface area contributed by atoms with E-state index in [1.165, 1.54) is 48.1 Å². The van der Waals surface area contributed by atoms with Gasteiger partial charge < -0.3 is 0 Å². The van der Waals surface area contributed by atoms with E-state index in [0.29, 0.717) is 5.69 Å². The van der Waals surface area contributed by atoms with E-state index >= 15 is 0 Å². The first-order chi connectivity index (χ1) is 14.2. The second kappa shape index (κ2) is 6.84. The van der Waals surface area contributed by atoms with Crippen molar-refractivity contribution in [1.29, 1.82) is 0 Å². The standard InChI is InChI=1S/C26H19N2S/c1-17-9-11-22-21-12-10-20(27-2)16-24(21)29-26(22)25(17)23-15-19(13-14-28(23)3)18-7-5-4-6-8-18/h4-16H,1,3H3/q+1. The van der Waals surface area contributed by atoms with Gasteiger partial charge in [0, 0.05) is 26.9 Å². The van der Waals surface area contributed by atoms with Crippen LogP contribution in [-0.4, -0.2) is 0 Å². The highest BCUT2D eigenvalue weighted by Gasteiger charge is 2.20. The molecule has 5 aromatic rings. The molecule has 0 atom stereocenters. The third-order valence-electron chi connectivity index (χ3n) is 5.48. The highest BCUT2D eigenvalue weighted by Crippen LogP contribution is 2.42. The van der Waals surface area contributed by atoms with E-state index in [0.717, 1.165) is 0 Å². The Morgan fingerprint density at radius 2 is 1.66 bits per heavy atom. The monoisotopic (exact) mass is 391 g/mol.